The van der Waals surface area contributed by atoms with Crippen LogP contribution in [0.2, 0.25) is 0 Å². The molecule has 168 valence electrons. The number of hydrogen-bond acceptors (Lipinski definition) is 4. The predicted molar refractivity (Wildman–Crippen MR) is 102 cm³/mol. The minimum Gasteiger partial charge on any atom is -0.468 e. The standard InChI is InChI=1S/C21H17F5N4O2/c22-15-7-6-13(9-16(15)23)30-17-5-1-4-14(17)18(29-30)19(31)28-10-12-3-2-8-27-20(12)32-11-21(24,25)26/h2-3,6-9H,1,4-5,10-11H2,(H,28,31). The van der Waals surface area contributed by atoms with Gasteiger partial charge in [0, 0.05) is 35.6 Å². The van der Waals surface area contributed by atoms with Gasteiger partial charge < -0.3 is 10.1 Å². The Hall–Kier alpha value is -3.50. The maximum atomic E-state index is 13.7. The van der Waals surface area contributed by atoms with Crippen molar-refractivity contribution in [1.29, 1.82) is 0 Å². The van der Waals surface area contributed by atoms with E-state index >= 15 is 0 Å². The molecule has 1 N–H and O–H groups in total. The van der Waals surface area contributed by atoms with E-state index in [9.17, 15) is 26.7 Å². The monoisotopic (exact) mass is 452 g/mol. The minimum absolute atomic E-state index is 0.129. The second-order valence-corrected chi connectivity index (χ2v) is 7.19. The van der Waals surface area contributed by atoms with Gasteiger partial charge in [-0.1, -0.05) is 6.07 Å². The number of amides is 1. The van der Waals surface area contributed by atoms with Crippen LogP contribution in [-0.2, 0) is 19.4 Å². The molecule has 2 heterocycles. The van der Waals surface area contributed by atoms with Crippen LogP contribution in [0.4, 0.5) is 22.0 Å². The molecule has 1 amide bonds. The van der Waals surface area contributed by atoms with E-state index in [-0.39, 0.29) is 29.4 Å². The van der Waals surface area contributed by atoms with E-state index in [2.05, 4.69) is 15.4 Å². The molecular formula is C21H17F5N4O2. The first-order valence-corrected chi connectivity index (χ1v) is 9.71. The largest absolute Gasteiger partial charge is 0.468 e. The number of hydrogen-bond donors (Lipinski definition) is 1. The minimum atomic E-state index is -4.52. The molecule has 0 bridgehead atoms. The molecule has 0 saturated heterocycles. The number of carbonyl (C=O) groups excluding carboxylic acids is 1. The maximum Gasteiger partial charge on any atom is 0.422 e. The summed E-state index contributed by atoms with van der Waals surface area (Å²) >= 11 is 0. The van der Waals surface area contributed by atoms with Crippen molar-refractivity contribution in [3.8, 4) is 11.6 Å². The Kier molecular flexibility index (Phi) is 5.81. The molecule has 1 aliphatic carbocycles. The number of nitrogens with zero attached hydrogens (tertiary/aromatic N) is 3. The number of rotatable bonds is 6. The van der Waals surface area contributed by atoms with E-state index in [0.29, 0.717) is 18.4 Å². The summed E-state index contributed by atoms with van der Waals surface area (Å²) in [5.74, 6) is -2.80. The van der Waals surface area contributed by atoms with Gasteiger partial charge in [0.25, 0.3) is 5.91 Å². The van der Waals surface area contributed by atoms with Crippen LogP contribution in [0.5, 0.6) is 5.88 Å². The molecule has 32 heavy (non-hydrogen) atoms. The highest BCUT2D eigenvalue weighted by atomic mass is 19.4. The summed E-state index contributed by atoms with van der Waals surface area (Å²) in [7, 11) is 0. The number of alkyl halides is 3. The smallest absolute Gasteiger partial charge is 0.422 e. The Morgan fingerprint density at radius 3 is 2.72 bits per heavy atom. The summed E-state index contributed by atoms with van der Waals surface area (Å²) in [4.78, 5) is 16.6. The van der Waals surface area contributed by atoms with Crippen LogP contribution in [0.1, 0.15) is 33.7 Å². The zero-order valence-corrected chi connectivity index (χ0v) is 16.5. The molecule has 4 rings (SSSR count). The molecule has 6 nitrogen and oxygen atoms in total. The van der Waals surface area contributed by atoms with Crippen molar-refractivity contribution in [2.24, 2.45) is 0 Å². The third-order valence-electron chi connectivity index (χ3n) is 4.95. The summed E-state index contributed by atoms with van der Waals surface area (Å²) in [6, 6.07) is 6.35. The van der Waals surface area contributed by atoms with Gasteiger partial charge in [-0.2, -0.15) is 18.3 Å². The summed E-state index contributed by atoms with van der Waals surface area (Å²) in [6.45, 7) is -1.64. The number of halogens is 5. The first-order valence-electron chi connectivity index (χ1n) is 9.71. The summed E-state index contributed by atoms with van der Waals surface area (Å²) in [5.41, 5.74) is 2.12. The molecule has 0 unspecified atom stereocenters. The predicted octanol–water partition coefficient (Wildman–Crippen LogP) is 3.91. The van der Waals surface area contributed by atoms with Crippen LogP contribution in [0, 0.1) is 11.6 Å². The normalized spacial score (nSPS) is 13.2. The van der Waals surface area contributed by atoms with Crippen molar-refractivity contribution in [1.82, 2.24) is 20.1 Å². The molecule has 0 fully saturated rings. The average molecular weight is 452 g/mol. The Morgan fingerprint density at radius 2 is 1.97 bits per heavy atom. The highest BCUT2D eigenvalue weighted by Crippen LogP contribution is 2.28. The Labute approximate surface area is 179 Å². The number of pyridine rings is 1. The van der Waals surface area contributed by atoms with Gasteiger partial charge in [0.15, 0.2) is 23.9 Å². The zero-order chi connectivity index (χ0) is 22.9. The number of benzene rings is 1. The third kappa shape index (κ3) is 4.56. The van der Waals surface area contributed by atoms with Crippen molar-refractivity contribution in [2.45, 2.75) is 32.0 Å². The lowest BCUT2D eigenvalue weighted by atomic mass is 10.2. The van der Waals surface area contributed by atoms with Crippen molar-refractivity contribution >= 4 is 5.91 Å². The van der Waals surface area contributed by atoms with Crippen LogP contribution >= 0.6 is 0 Å². The van der Waals surface area contributed by atoms with Crippen molar-refractivity contribution < 1.29 is 31.5 Å². The SMILES string of the molecule is O=C(NCc1cccnc1OCC(F)(F)F)c1nn(-c2ccc(F)c(F)c2)c2c1CCC2. The summed E-state index contributed by atoms with van der Waals surface area (Å²) < 4.78 is 70.5. The molecule has 0 spiro atoms. The fourth-order valence-corrected chi connectivity index (χ4v) is 3.55. The molecule has 0 radical (unpaired) electrons. The van der Waals surface area contributed by atoms with Gasteiger partial charge in [0.1, 0.15) is 0 Å². The Morgan fingerprint density at radius 1 is 1.16 bits per heavy atom. The topological polar surface area (TPSA) is 69.0 Å². The van der Waals surface area contributed by atoms with Gasteiger partial charge >= 0.3 is 6.18 Å². The van der Waals surface area contributed by atoms with Gasteiger partial charge in [-0.25, -0.2) is 18.4 Å². The summed E-state index contributed by atoms with van der Waals surface area (Å²) in [6.07, 6.45) is -1.25. The molecule has 0 saturated carbocycles. The van der Waals surface area contributed by atoms with Gasteiger partial charge in [-0.15, -0.1) is 0 Å². The van der Waals surface area contributed by atoms with Crippen molar-refractivity contribution in [2.75, 3.05) is 6.61 Å². The molecule has 1 aliphatic rings. The van der Waals surface area contributed by atoms with Gasteiger partial charge in [0.05, 0.1) is 5.69 Å². The molecule has 2 aromatic heterocycles. The summed E-state index contributed by atoms with van der Waals surface area (Å²) in [5, 5.41) is 6.91. The zero-order valence-electron chi connectivity index (χ0n) is 16.5. The lowest BCUT2D eigenvalue weighted by Crippen LogP contribution is -2.25. The molecule has 0 aliphatic heterocycles. The number of ether oxygens (including phenoxy) is 1. The lowest BCUT2D eigenvalue weighted by molar-refractivity contribution is -0.154. The first-order chi connectivity index (χ1) is 15.2. The number of aromatic nitrogens is 3. The highest BCUT2D eigenvalue weighted by Gasteiger charge is 2.30. The third-order valence-corrected chi connectivity index (χ3v) is 4.95. The van der Waals surface area contributed by atoms with E-state index in [4.69, 9.17) is 4.74 Å². The van der Waals surface area contributed by atoms with Crippen molar-refractivity contribution in [3.05, 3.63) is 70.7 Å². The fourth-order valence-electron chi connectivity index (χ4n) is 3.55. The number of fused-ring (bicyclic) bond motifs is 1. The van der Waals surface area contributed by atoms with Crippen LogP contribution in [0.3, 0.4) is 0 Å². The molecular weight excluding hydrogens is 435 g/mol. The second-order valence-electron chi connectivity index (χ2n) is 7.19. The van der Waals surface area contributed by atoms with E-state index in [1.54, 1.807) is 0 Å². The van der Waals surface area contributed by atoms with Crippen LogP contribution in [-0.4, -0.2) is 33.5 Å². The molecule has 11 heteroatoms. The fraction of sp³-hybridized carbons (Fsp3) is 0.286. The average Bonchev–Trinajstić information content (AvgIpc) is 3.35. The van der Waals surface area contributed by atoms with Crippen molar-refractivity contribution in [3.63, 3.8) is 0 Å². The van der Waals surface area contributed by atoms with Gasteiger partial charge in [0.2, 0.25) is 5.88 Å². The number of nitrogens with one attached hydrogen (secondary N) is 1. The van der Waals surface area contributed by atoms with E-state index in [0.717, 1.165) is 24.2 Å². The quantitative estimate of drug-likeness (QED) is 0.576. The van der Waals surface area contributed by atoms with Crippen LogP contribution < -0.4 is 10.1 Å². The van der Waals surface area contributed by atoms with E-state index in [1.165, 1.54) is 29.1 Å². The number of carbonyl (C=O) groups is 1. The lowest BCUT2D eigenvalue weighted by Gasteiger charge is -2.12. The van der Waals surface area contributed by atoms with Gasteiger partial charge in [-0.3, -0.25) is 4.79 Å². The van der Waals surface area contributed by atoms with E-state index in [1.807, 2.05) is 0 Å². The molecule has 3 aromatic rings. The molecule has 0 atom stereocenters. The first kappa shape index (κ1) is 21.7. The Balaban J connectivity index is 1.54. The van der Waals surface area contributed by atoms with E-state index < -0.39 is 30.3 Å². The van der Waals surface area contributed by atoms with Gasteiger partial charge in [-0.05, 0) is 37.5 Å². The van der Waals surface area contributed by atoms with Crippen LogP contribution in [0.25, 0.3) is 5.69 Å². The Bertz CT molecular complexity index is 1160. The van der Waals surface area contributed by atoms with Crippen LogP contribution in [0.15, 0.2) is 36.5 Å². The maximum absolute atomic E-state index is 13.7. The second kappa shape index (κ2) is 8.56. The molecule has 1 aromatic carbocycles. The highest BCUT2D eigenvalue weighted by molar-refractivity contribution is 5.94.